The van der Waals surface area contributed by atoms with Gasteiger partial charge in [0, 0.05) is 16.3 Å². The van der Waals surface area contributed by atoms with Crippen LogP contribution in [0.1, 0.15) is 16.8 Å². The minimum absolute atomic E-state index is 0.152. The van der Waals surface area contributed by atoms with Crippen LogP contribution in [0.25, 0.3) is 0 Å². The van der Waals surface area contributed by atoms with Crippen LogP contribution >= 0.6 is 58.0 Å². The van der Waals surface area contributed by atoms with E-state index in [2.05, 4.69) is 5.32 Å². The third-order valence-corrected chi connectivity index (χ3v) is 4.51. The van der Waals surface area contributed by atoms with Gasteiger partial charge in [0.25, 0.3) is 0 Å². The maximum atomic E-state index is 12.5. The number of anilines is 1. The standard InChI is InChI=1S/C17H12Cl5NO3/c18-10-6-7-12(13(19)8-10)14(24)9-15(17(20,21)22)26-16(25)23-11-4-2-1-3-5-11/h1-8,15H,9H2,(H,23,25)/t15-/m1/s1. The Morgan fingerprint density at radius 3 is 2.27 bits per heavy atom. The highest BCUT2D eigenvalue weighted by molar-refractivity contribution is 6.68. The number of Topliss-reactive ketones (excluding diaryl/α,β-unsaturated/α-hetero) is 1. The molecule has 2 aromatic carbocycles. The van der Waals surface area contributed by atoms with E-state index in [1.54, 1.807) is 30.3 Å². The highest BCUT2D eigenvalue weighted by Crippen LogP contribution is 2.35. The lowest BCUT2D eigenvalue weighted by Gasteiger charge is -2.24. The summed E-state index contributed by atoms with van der Waals surface area (Å²) in [6, 6.07) is 12.9. The summed E-state index contributed by atoms with van der Waals surface area (Å²) in [5.74, 6) is -0.462. The van der Waals surface area contributed by atoms with Crippen molar-refractivity contribution in [2.24, 2.45) is 0 Å². The Hall–Kier alpha value is -1.17. The quantitative estimate of drug-likeness (QED) is 0.411. The topological polar surface area (TPSA) is 55.4 Å². The fraction of sp³-hybridized carbons (Fsp3) is 0.176. The molecule has 0 saturated heterocycles. The van der Waals surface area contributed by atoms with Gasteiger partial charge in [0.05, 0.1) is 11.4 Å². The molecule has 0 aliphatic rings. The molecule has 2 aromatic rings. The fourth-order valence-electron chi connectivity index (χ4n) is 2.02. The average Bonchev–Trinajstić information content (AvgIpc) is 2.54. The number of carbonyl (C=O) groups excluding carboxylic acids is 2. The normalized spacial score (nSPS) is 12.3. The number of hydrogen-bond acceptors (Lipinski definition) is 3. The minimum atomic E-state index is -2.01. The van der Waals surface area contributed by atoms with Gasteiger partial charge in [-0.25, -0.2) is 4.79 Å². The van der Waals surface area contributed by atoms with Crippen LogP contribution in [0.2, 0.25) is 10.0 Å². The van der Waals surface area contributed by atoms with Gasteiger partial charge in [-0.1, -0.05) is 76.2 Å². The predicted octanol–water partition coefficient (Wildman–Crippen LogP) is 6.55. The van der Waals surface area contributed by atoms with Crippen molar-refractivity contribution < 1.29 is 14.3 Å². The van der Waals surface area contributed by atoms with Crippen LogP contribution in [-0.4, -0.2) is 21.8 Å². The third-order valence-electron chi connectivity index (χ3n) is 3.24. The lowest BCUT2D eigenvalue weighted by molar-refractivity contribution is 0.0812. The molecular weight excluding hydrogens is 443 g/mol. The summed E-state index contributed by atoms with van der Waals surface area (Å²) in [5, 5.41) is 3.01. The molecule has 9 heteroatoms. The Kier molecular flexibility index (Phi) is 7.44. The van der Waals surface area contributed by atoms with Crippen molar-refractivity contribution in [3.8, 4) is 0 Å². The highest BCUT2D eigenvalue weighted by Gasteiger charge is 2.38. The summed E-state index contributed by atoms with van der Waals surface area (Å²) in [7, 11) is 0. The lowest BCUT2D eigenvalue weighted by Crippen LogP contribution is -2.35. The number of nitrogens with one attached hydrogen (secondary N) is 1. The van der Waals surface area contributed by atoms with E-state index in [9.17, 15) is 9.59 Å². The largest absolute Gasteiger partial charge is 0.441 e. The first kappa shape index (κ1) is 21.1. The Bertz CT molecular complexity index is 793. The van der Waals surface area contributed by atoms with Gasteiger partial charge in [-0.15, -0.1) is 0 Å². The Morgan fingerprint density at radius 2 is 1.69 bits per heavy atom. The molecule has 0 bridgehead atoms. The zero-order valence-electron chi connectivity index (χ0n) is 13.0. The SMILES string of the molecule is O=C(Nc1ccccc1)O[C@H](CC(=O)c1ccc(Cl)cc1Cl)C(Cl)(Cl)Cl. The molecule has 0 unspecified atom stereocenters. The fourth-order valence-corrected chi connectivity index (χ4v) is 2.90. The van der Waals surface area contributed by atoms with E-state index in [0.717, 1.165) is 0 Å². The van der Waals surface area contributed by atoms with Gasteiger partial charge in [-0.2, -0.15) is 0 Å². The van der Waals surface area contributed by atoms with Gasteiger partial charge < -0.3 is 4.74 Å². The number of benzene rings is 2. The van der Waals surface area contributed by atoms with Crippen molar-refractivity contribution in [1.29, 1.82) is 0 Å². The number of rotatable bonds is 5. The number of alkyl halides is 3. The highest BCUT2D eigenvalue weighted by atomic mass is 35.6. The molecule has 0 fully saturated rings. The van der Waals surface area contributed by atoms with Crippen LogP contribution in [0.4, 0.5) is 10.5 Å². The van der Waals surface area contributed by atoms with Crippen LogP contribution in [-0.2, 0) is 4.74 Å². The van der Waals surface area contributed by atoms with Gasteiger partial charge in [0.1, 0.15) is 0 Å². The van der Waals surface area contributed by atoms with Gasteiger partial charge in [0.15, 0.2) is 11.9 Å². The first-order valence-electron chi connectivity index (χ1n) is 7.24. The Morgan fingerprint density at radius 1 is 1.04 bits per heavy atom. The van der Waals surface area contributed by atoms with Crippen molar-refractivity contribution in [2.45, 2.75) is 16.3 Å². The van der Waals surface area contributed by atoms with Crippen LogP contribution < -0.4 is 5.32 Å². The van der Waals surface area contributed by atoms with Crippen LogP contribution in [0, 0.1) is 0 Å². The van der Waals surface area contributed by atoms with Crippen molar-refractivity contribution in [3.05, 3.63) is 64.1 Å². The number of amides is 1. The molecule has 0 spiro atoms. The van der Waals surface area contributed by atoms with E-state index in [1.807, 2.05) is 0 Å². The van der Waals surface area contributed by atoms with Crippen molar-refractivity contribution in [3.63, 3.8) is 0 Å². The molecule has 1 atom stereocenters. The molecule has 0 aliphatic carbocycles. The monoisotopic (exact) mass is 453 g/mol. The summed E-state index contributed by atoms with van der Waals surface area (Å²) in [5.41, 5.74) is 0.676. The average molecular weight is 456 g/mol. The number of ketones is 1. The molecule has 0 radical (unpaired) electrons. The summed E-state index contributed by atoms with van der Waals surface area (Å²) < 4.78 is 3.13. The van der Waals surface area contributed by atoms with E-state index >= 15 is 0 Å². The predicted molar refractivity (Wildman–Crippen MR) is 106 cm³/mol. The minimum Gasteiger partial charge on any atom is -0.441 e. The molecule has 0 saturated carbocycles. The summed E-state index contributed by atoms with van der Waals surface area (Å²) in [6.45, 7) is 0. The number of halogens is 5. The molecule has 0 aliphatic heterocycles. The molecule has 0 heterocycles. The number of para-hydroxylation sites is 1. The summed E-state index contributed by atoms with van der Waals surface area (Å²) >= 11 is 29.4. The second-order valence-corrected chi connectivity index (χ2v) is 8.39. The van der Waals surface area contributed by atoms with E-state index < -0.39 is 21.8 Å². The zero-order chi connectivity index (χ0) is 19.3. The molecule has 1 N–H and O–H groups in total. The van der Waals surface area contributed by atoms with Crippen LogP contribution in [0.5, 0.6) is 0 Å². The first-order chi connectivity index (χ1) is 12.2. The van der Waals surface area contributed by atoms with Gasteiger partial charge in [-0.05, 0) is 30.3 Å². The van der Waals surface area contributed by atoms with Crippen LogP contribution in [0.15, 0.2) is 48.5 Å². The number of ether oxygens (including phenoxy) is 1. The molecule has 2 rings (SSSR count). The van der Waals surface area contributed by atoms with E-state index in [-0.39, 0.29) is 17.0 Å². The van der Waals surface area contributed by atoms with Crippen LogP contribution in [0.3, 0.4) is 0 Å². The molecule has 4 nitrogen and oxygen atoms in total. The molecule has 26 heavy (non-hydrogen) atoms. The first-order valence-corrected chi connectivity index (χ1v) is 9.13. The third kappa shape index (κ3) is 6.22. The number of hydrogen-bond donors (Lipinski definition) is 1. The summed E-state index contributed by atoms with van der Waals surface area (Å²) in [4.78, 5) is 24.5. The van der Waals surface area contributed by atoms with Crippen molar-refractivity contribution >= 4 is 75.6 Å². The van der Waals surface area contributed by atoms with Gasteiger partial charge >= 0.3 is 6.09 Å². The molecular formula is C17H12Cl5NO3. The second-order valence-electron chi connectivity index (χ2n) is 5.18. The molecule has 1 amide bonds. The van der Waals surface area contributed by atoms with Crippen molar-refractivity contribution in [1.82, 2.24) is 0 Å². The van der Waals surface area contributed by atoms with E-state index in [0.29, 0.717) is 10.7 Å². The molecule has 138 valence electrons. The maximum Gasteiger partial charge on any atom is 0.412 e. The summed E-state index contributed by atoms with van der Waals surface area (Å²) in [6.07, 6.45) is -2.56. The lowest BCUT2D eigenvalue weighted by atomic mass is 10.1. The van der Waals surface area contributed by atoms with E-state index in [4.69, 9.17) is 62.7 Å². The molecule has 0 aromatic heterocycles. The smallest absolute Gasteiger partial charge is 0.412 e. The van der Waals surface area contributed by atoms with E-state index in [1.165, 1.54) is 18.2 Å². The van der Waals surface area contributed by atoms with Crippen molar-refractivity contribution in [2.75, 3.05) is 5.32 Å². The Balaban J connectivity index is 2.10. The zero-order valence-corrected chi connectivity index (χ0v) is 16.8. The van der Waals surface area contributed by atoms with Gasteiger partial charge in [0.2, 0.25) is 3.79 Å². The maximum absolute atomic E-state index is 12.5. The van der Waals surface area contributed by atoms with Gasteiger partial charge in [-0.3, -0.25) is 10.1 Å². The second kappa shape index (κ2) is 9.16. The number of carbonyl (C=O) groups is 2. The Labute approximate surface area is 175 Å².